The number of hydrogen-bond donors (Lipinski definition) is 2. The number of guanidine groups is 1. The molecule has 0 aromatic heterocycles. The number of nitrogens with one attached hydrogen (secondary N) is 1. The van der Waals surface area contributed by atoms with Gasteiger partial charge in [0.25, 0.3) is 0 Å². The molecule has 0 saturated carbocycles. The lowest BCUT2D eigenvalue weighted by atomic mass is 10.2. The lowest BCUT2D eigenvalue weighted by Gasteiger charge is -2.03. The van der Waals surface area contributed by atoms with Gasteiger partial charge in [-0.2, -0.15) is 0 Å². The zero-order valence-electron chi connectivity index (χ0n) is 8.43. The first-order chi connectivity index (χ1) is 7.13. The van der Waals surface area contributed by atoms with Crippen LogP contribution < -0.4 is 11.1 Å². The largest absolute Gasteiger partial charge is 0.370 e. The van der Waals surface area contributed by atoms with E-state index in [0.29, 0.717) is 22.5 Å². The lowest BCUT2D eigenvalue weighted by molar-refractivity contribution is 0.925. The first kappa shape index (κ1) is 12.1. The first-order valence-corrected chi connectivity index (χ1v) is 5.36. The quantitative estimate of drug-likeness (QED) is 0.635. The average molecular weight is 246 g/mol. The van der Waals surface area contributed by atoms with Gasteiger partial charge in [0.2, 0.25) is 0 Å². The van der Waals surface area contributed by atoms with Crippen LogP contribution in [0.3, 0.4) is 0 Å². The van der Waals surface area contributed by atoms with Gasteiger partial charge in [0.05, 0.1) is 6.54 Å². The van der Waals surface area contributed by atoms with Crippen molar-refractivity contribution in [3.05, 3.63) is 33.8 Å². The summed E-state index contributed by atoms with van der Waals surface area (Å²) in [5, 5.41) is 4.13. The van der Waals surface area contributed by atoms with Crippen molar-refractivity contribution < 1.29 is 0 Å². The second-order valence-electron chi connectivity index (χ2n) is 2.97. The molecule has 3 N–H and O–H groups in total. The number of nitrogens with zero attached hydrogens (tertiary/aromatic N) is 1. The molecule has 0 bridgehead atoms. The molecule has 1 rings (SSSR count). The number of aliphatic imine (C=N–C) groups is 1. The van der Waals surface area contributed by atoms with Gasteiger partial charge >= 0.3 is 0 Å². The third kappa shape index (κ3) is 3.98. The molecule has 15 heavy (non-hydrogen) atoms. The highest BCUT2D eigenvalue weighted by atomic mass is 35.5. The Morgan fingerprint density at radius 2 is 2.20 bits per heavy atom. The van der Waals surface area contributed by atoms with Crippen molar-refractivity contribution in [1.29, 1.82) is 0 Å². The molecule has 0 unspecified atom stereocenters. The van der Waals surface area contributed by atoms with Crippen LogP contribution in [0.15, 0.2) is 23.2 Å². The van der Waals surface area contributed by atoms with Gasteiger partial charge in [-0.3, -0.25) is 0 Å². The van der Waals surface area contributed by atoms with Gasteiger partial charge in [0.15, 0.2) is 5.96 Å². The lowest BCUT2D eigenvalue weighted by Crippen LogP contribution is -2.31. The Morgan fingerprint density at radius 1 is 1.47 bits per heavy atom. The van der Waals surface area contributed by atoms with Crippen molar-refractivity contribution in [2.24, 2.45) is 10.7 Å². The molecule has 1 aromatic carbocycles. The van der Waals surface area contributed by atoms with E-state index in [-0.39, 0.29) is 0 Å². The van der Waals surface area contributed by atoms with Gasteiger partial charge in [0, 0.05) is 16.6 Å². The van der Waals surface area contributed by atoms with Crippen molar-refractivity contribution in [1.82, 2.24) is 5.32 Å². The molecule has 0 spiro atoms. The van der Waals surface area contributed by atoms with E-state index in [9.17, 15) is 0 Å². The number of nitrogens with two attached hydrogens (primary N) is 1. The summed E-state index contributed by atoms with van der Waals surface area (Å²) < 4.78 is 0. The summed E-state index contributed by atoms with van der Waals surface area (Å²) in [6.07, 6.45) is 0. The van der Waals surface area contributed by atoms with Crippen LogP contribution in [0.25, 0.3) is 0 Å². The molecule has 0 aliphatic heterocycles. The van der Waals surface area contributed by atoms with Crippen LogP contribution in [-0.4, -0.2) is 12.5 Å². The maximum Gasteiger partial charge on any atom is 0.188 e. The fourth-order valence-electron chi connectivity index (χ4n) is 1.06. The molecule has 0 atom stereocenters. The van der Waals surface area contributed by atoms with Crippen molar-refractivity contribution in [3.63, 3.8) is 0 Å². The fourth-order valence-corrected chi connectivity index (χ4v) is 1.53. The Balaban J connectivity index is 2.69. The van der Waals surface area contributed by atoms with Crippen LogP contribution in [0.2, 0.25) is 10.0 Å². The normalized spacial score (nSPS) is 11.5. The summed E-state index contributed by atoms with van der Waals surface area (Å²) >= 11 is 11.7. The smallest absolute Gasteiger partial charge is 0.188 e. The standard InChI is InChI=1S/C10H13Cl2N3/c1-2-14-10(13)15-6-7-3-4-8(11)5-9(7)12/h3-5H,2,6H2,1H3,(H3,13,14,15). The van der Waals surface area contributed by atoms with E-state index in [4.69, 9.17) is 28.9 Å². The number of hydrogen-bond acceptors (Lipinski definition) is 1. The summed E-state index contributed by atoms with van der Waals surface area (Å²) in [4.78, 5) is 4.13. The van der Waals surface area contributed by atoms with Gasteiger partial charge in [-0.25, -0.2) is 4.99 Å². The zero-order valence-corrected chi connectivity index (χ0v) is 9.94. The van der Waals surface area contributed by atoms with Crippen molar-refractivity contribution in [3.8, 4) is 0 Å². The molecular weight excluding hydrogens is 233 g/mol. The fraction of sp³-hybridized carbons (Fsp3) is 0.300. The minimum absolute atomic E-state index is 0.420. The highest BCUT2D eigenvalue weighted by Gasteiger charge is 2.00. The van der Waals surface area contributed by atoms with Gasteiger partial charge in [0.1, 0.15) is 0 Å². The molecule has 82 valence electrons. The molecule has 0 saturated heterocycles. The summed E-state index contributed by atoms with van der Waals surface area (Å²) in [6, 6.07) is 5.31. The van der Waals surface area contributed by atoms with Crippen LogP contribution in [0.4, 0.5) is 0 Å². The second kappa shape index (κ2) is 5.83. The van der Waals surface area contributed by atoms with Crippen LogP contribution >= 0.6 is 23.2 Å². The number of benzene rings is 1. The van der Waals surface area contributed by atoms with E-state index in [0.717, 1.165) is 12.1 Å². The van der Waals surface area contributed by atoms with E-state index in [1.807, 2.05) is 13.0 Å². The summed E-state index contributed by atoms with van der Waals surface area (Å²) in [7, 11) is 0. The predicted molar refractivity (Wildman–Crippen MR) is 65.5 cm³/mol. The third-order valence-electron chi connectivity index (χ3n) is 1.79. The minimum Gasteiger partial charge on any atom is -0.370 e. The zero-order chi connectivity index (χ0) is 11.3. The Hall–Kier alpha value is -0.930. The van der Waals surface area contributed by atoms with E-state index in [1.165, 1.54) is 0 Å². The second-order valence-corrected chi connectivity index (χ2v) is 3.81. The molecule has 0 radical (unpaired) electrons. The molecule has 1 aromatic rings. The van der Waals surface area contributed by atoms with Crippen molar-refractivity contribution >= 4 is 29.2 Å². The van der Waals surface area contributed by atoms with Crippen molar-refractivity contribution in [2.45, 2.75) is 13.5 Å². The molecule has 0 amide bonds. The first-order valence-electron chi connectivity index (χ1n) is 4.61. The van der Waals surface area contributed by atoms with Gasteiger partial charge in [-0.15, -0.1) is 0 Å². The van der Waals surface area contributed by atoms with E-state index < -0.39 is 0 Å². The van der Waals surface area contributed by atoms with Crippen LogP contribution in [0, 0.1) is 0 Å². The van der Waals surface area contributed by atoms with Gasteiger partial charge in [-0.1, -0.05) is 29.3 Å². The molecule has 0 fully saturated rings. The third-order valence-corrected chi connectivity index (χ3v) is 2.38. The molecule has 0 aliphatic rings. The SMILES string of the molecule is CCNC(N)=NCc1ccc(Cl)cc1Cl. The average Bonchev–Trinajstić information content (AvgIpc) is 2.17. The minimum atomic E-state index is 0.420. The highest BCUT2D eigenvalue weighted by molar-refractivity contribution is 6.35. The molecule has 0 heterocycles. The molecule has 5 heteroatoms. The molecule has 0 aliphatic carbocycles. The van der Waals surface area contributed by atoms with Crippen LogP contribution in [-0.2, 0) is 6.54 Å². The summed E-state index contributed by atoms with van der Waals surface area (Å²) in [6.45, 7) is 3.16. The Labute approximate surface area is 99.3 Å². The Morgan fingerprint density at radius 3 is 2.80 bits per heavy atom. The van der Waals surface area contributed by atoms with Gasteiger partial charge in [-0.05, 0) is 24.6 Å². The number of rotatable bonds is 3. The topological polar surface area (TPSA) is 50.4 Å². The van der Waals surface area contributed by atoms with Crippen LogP contribution in [0.1, 0.15) is 12.5 Å². The van der Waals surface area contributed by atoms with E-state index >= 15 is 0 Å². The van der Waals surface area contributed by atoms with Gasteiger partial charge < -0.3 is 11.1 Å². The Kier molecular flexibility index (Phi) is 4.72. The van der Waals surface area contributed by atoms with E-state index in [1.54, 1.807) is 12.1 Å². The summed E-state index contributed by atoms with van der Waals surface area (Å²) in [5.74, 6) is 0.420. The maximum atomic E-state index is 5.98. The van der Waals surface area contributed by atoms with Crippen LogP contribution in [0.5, 0.6) is 0 Å². The molecular formula is C10H13Cl2N3. The summed E-state index contributed by atoms with van der Waals surface area (Å²) in [5.41, 5.74) is 6.49. The van der Waals surface area contributed by atoms with E-state index in [2.05, 4.69) is 10.3 Å². The Bertz CT molecular complexity index is 364. The predicted octanol–water partition coefficient (Wildman–Crippen LogP) is 2.42. The monoisotopic (exact) mass is 245 g/mol. The van der Waals surface area contributed by atoms with Crippen molar-refractivity contribution in [2.75, 3.05) is 6.54 Å². The number of halogens is 2. The molecule has 3 nitrogen and oxygen atoms in total. The maximum absolute atomic E-state index is 5.98. The highest BCUT2D eigenvalue weighted by Crippen LogP contribution is 2.21.